The molecular weight excluding hydrogens is 700 g/mol. The Balaban J connectivity index is 2.00. The summed E-state index contributed by atoms with van der Waals surface area (Å²) in [5.41, 5.74) is 11.6. The molecule has 0 fully saturated rings. The molecule has 2 rings (SSSR count). The van der Waals surface area contributed by atoms with Crippen LogP contribution in [0.25, 0.3) is 0 Å². The first-order valence-corrected chi connectivity index (χ1v) is 18.2. The van der Waals surface area contributed by atoms with Gasteiger partial charge in [0.15, 0.2) is 0 Å². The van der Waals surface area contributed by atoms with Crippen LogP contribution in [0, 0.1) is 11.8 Å². The van der Waals surface area contributed by atoms with Crippen LogP contribution in [0.4, 0.5) is 15.3 Å². The fraction of sp³-hybridized carbons (Fsp3) is 0.568. The van der Waals surface area contributed by atoms with Crippen molar-refractivity contribution in [3.8, 4) is 0 Å². The lowest BCUT2D eigenvalue weighted by molar-refractivity contribution is -0.141. The molecule has 1 aromatic carbocycles. The van der Waals surface area contributed by atoms with Gasteiger partial charge in [-0.15, -0.1) is 0 Å². The zero-order chi connectivity index (χ0) is 40.5. The van der Waals surface area contributed by atoms with Crippen molar-refractivity contribution in [2.45, 2.75) is 97.4 Å². The number of amides is 9. The highest BCUT2D eigenvalue weighted by atomic mass is 16.6. The van der Waals surface area contributed by atoms with Crippen molar-refractivity contribution in [2.75, 3.05) is 32.5 Å². The number of hydrogen-bond acceptors (Lipinski definition) is 9. The summed E-state index contributed by atoms with van der Waals surface area (Å²) in [6, 6.07) is 3.02. The molecule has 0 saturated heterocycles. The van der Waals surface area contributed by atoms with Gasteiger partial charge in [-0.25, -0.2) is 9.59 Å². The van der Waals surface area contributed by atoms with Crippen LogP contribution in [0.1, 0.15) is 78.2 Å². The normalized spacial score (nSPS) is 14.0. The predicted molar refractivity (Wildman–Crippen MR) is 200 cm³/mol. The molecule has 1 aromatic rings. The minimum atomic E-state index is -1.03. The summed E-state index contributed by atoms with van der Waals surface area (Å²) in [6.45, 7) is 7.52. The molecule has 17 nitrogen and oxygen atoms in total. The number of primary amides is 2. The van der Waals surface area contributed by atoms with E-state index in [1.165, 1.54) is 29.0 Å². The summed E-state index contributed by atoms with van der Waals surface area (Å²) in [7, 11) is 2.98. The van der Waals surface area contributed by atoms with Crippen LogP contribution in [0.2, 0.25) is 0 Å². The second kappa shape index (κ2) is 21.9. The lowest BCUT2D eigenvalue weighted by atomic mass is 10.00. The Morgan fingerprint density at radius 3 is 1.93 bits per heavy atom. The highest BCUT2D eigenvalue weighted by Gasteiger charge is 2.33. The second-order valence-electron chi connectivity index (χ2n) is 14.0. The van der Waals surface area contributed by atoms with E-state index < -0.39 is 48.0 Å². The maximum absolute atomic E-state index is 13.7. The number of imide groups is 1. The van der Waals surface area contributed by atoms with Crippen molar-refractivity contribution in [2.24, 2.45) is 23.3 Å². The third kappa shape index (κ3) is 14.2. The second-order valence-corrected chi connectivity index (χ2v) is 14.0. The summed E-state index contributed by atoms with van der Waals surface area (Å²) in [5, 5.41) is 8.03. The number of rotatable bonds is 22. The molecule has 1 unspecified atom stereocenters. The van der Waals surface area contributed by atoms with Crippen LogP contribution < -0.4 is 27.4 Å². The number of anilines is 1. The van der Waals surface area contributed by atoms with E-state index >= 15 is 0 Å². The van der Waals surface area contributed by atoms with Gasteiger partial charge in [-0.2, -0.15) is 0 Å². The molecule has 1 heterocycles. The average Bonchev–Trinajstić information content (AvgIpc) is 3.42. The average molecular weight is 757 g/mol. The van der Waals surface area contributed by atoms with Crippen LogP contribution in [0.3, 0.4) is 0 Å². The first kappa shape index (κ1) is 44.7. The Kier molecular flexibility index (Phi) is 18.1. The highest BCUT2D eigenvalue weighted by Crippen LogP contribution is 2.17. The van der Waals surface area contributed by atoms with Crippen LogP contribution in [-0.4, -0.2) is 108 Å². The van der Waals surface area contributed by atoms with Gasteiger partial charge in [-0.1, -0.05) is 52.7 Å². The Morgan fingerprint density at radius 1 is 0.778 bits per heavy atom. The molecule has 0 aliphatic carbocycles. The molecule has 1 aliphatic rings. The Hall–Kier alpha value is -5.48. The Bertz CT molecular complexity index is 1510. The van der Waals surface area contributed by atoms with Gasteiger partial charge in [0.1, 0.15) is 24.7 Å². The van der Waals surface area contributed by atoms with Crippen molar-refractivity contribution in [1.29, 1.82) is 0 Å². The fourth-order valence-corrected chi connectivity index (χ4v) is 6.09. The maximum Gasteiger partial charge on any atom is 0.410 e. The SMILES string of the molecule is CC(C)C(C(=O)N[C@@H](CCCNC(N)=O)C(=O)Nc1ccc(COC(=O)N(C)[C@H](C(N)=O)C(C)C)cc1)N(C)C(=O)CCCCCCN1C(=O)C=CC1=O. The number of ether oxygens (including phenoxy) is 1. The molecule has 1 aliphatic heterocycles. The summed E-state index contributed by atoms with van der Waals surface area (Å²) in [5.74, 6) is -3.08. The largest absolute Gasteiger partial charge is 0.445 e. The summed E-state index contributed by atoms with van der Waals surface area (Å²) < 4.78 is 5.34. The first-order chi connectivity index (χ1) is 25.4. The van der Waals surface area contributed by atoms with Crippen LogP contribution in [0.5, 0.6) is 0 Å². The molecular formula is C37H56N8O9. The standard InChI is InChI=1S/C37H56N8O9/c1-23(2)31(33(38)49)44(6)37(53)54-22-25-14-16-26(17-15-25)41-34(50)27(12-11-20-40-36(39)52)42-35(51)32(24(3)4)43(5)28(46)13-9-7-8-10-21-45-29(47)18-19-30(45)48/h14-19,23-24,27,31-32H,7-13,20-22H2,1-6H3,(H2,38,49)(H,41,50)(H,42,51)(H3,39,40,52)/t27-,31-,32?/m0/s1. The van der Waals surface area contributed by atoms with E-state index in [9.17, 15) is 38.4 Å². The molecule has 0 saturated carbocycles. The van der Waals surface area contributed by atoms with E-state index in [1.54, 1.807) is 59.0 Å². The molecule has 0 bridgehead atoms. The summed E-state index contributed by atoms with van der Waals surface area (Å²) >= 11 is 0. The number of nitrogens with two attached hydrogens (primary N) is 2. The smallest absolute Gasteiger partial charge is 0.410 e. The monoisotopic (exact) mass is 756 g/mol. The van der Waals surface area contributed by atoms with E-state index in [2.05, 4.69) is 16.0 Å². The molecule has 7 N–H and O–H groups in total. The van der Waals surface area contributed by atoms with E-state index in [4.69, 9.17) is 16.2 Å². The number of carbonyl (C=O) groups is 8. The highest BCUT2D eigenvalue weighted by molar-refractivity contribution is 6.12. The van der Waals surface area contributed by atoms with Gasteiger partial charge >= 0.3 is 12.1 Å². The van der Waals surface area contributed by atoms with Gasteiger partial charge in [0, 0.05) is 51.4 Å². The maximum atomic E-state index is 13.7. The lowest BCUT2D eigenvalue weighted by Gasteiger charge is -2.32. The molecule has 0 radical (unpaired) electrons. The van der Waals surface area contributed by atoms with E-state index in [1.807, 2.05) is 0 Å². The molecule has 0 aromatic heterocycles. The molecule has 298 valence electrons. The third-order valence-corrected chi connectivity index (χ3v) is 8.95. The van der Waals surface area contributed by atoms with Gasteiger partial charge in [0.25, 0.3) is 11.8 Å². The number of urea groups is 1. The Labute approximate surface area is 316 Å². The number of nitrogens with zero attached hydrogens (tertiary/aromatic N) is 3. The molecule has 9 amide bonds. The summed E-state index contributed by atoms with van der Waals surface area (Å²) in [6.07, 6.45) is 5.01. The predicted octanol–water partition coefficient (Wildman–Crippen LogP) is 2.00. The van der Waals surface area contributed by atoms with Crippen molar-refractivity contribution in [3.63, 3.8) is 0 Å². The first-order valence-electron chi connectivity index (χ1n) is 18.2. The van der Waals surface area contributed by atoms with Gasteiger partial charge in [0.05, 0.1) is 0 Å². The van der Waals surface area contributed by atoms with Gasteiger partial charge in [0.2, 0.25) is 23.6 Å². The quantitative estimate of drug-likeness (QED) is 0.0857. The topological polar surface area (TPSA) is 244 Å². The van der Waals surface area contributed by atoms with E-state index in [0.717, 1.165) is 4.90 Å². The Morgan fingerprint density at radius 2 is 1.37 bits per heavy atom. The fourth-order valence-electron chi connectivity index (χ4n) is 6.09. The third-order valence-electron chi connectivity index (χ3n) is 8.95. The number of likely N-dealkylation sites (N-methyl/N-ethyl adjacent to an activating group) is 2. The number of nitrogens with one attached hydrogen (secondary N) is 3. The van der Waals surface area contributed by atoms with Crippen molar-refractivity contribution >= 4 is 53.3 Å². The zero-order valence-electron chi connectivity index (χ0n) is 32.1. The lowest BCUT2D eigenvalue weighted by Crippen LogP contribution is -2.55. The summed E-state index contributed by atoms with van der Waals surface area (Å²) in [4.78, 5) is 103. The molecule has 17 heteroatoms. The van der Waals surface area contributed by atoms with Gasteiger partial charge < -0.3 is 37.1 Å². The van der Waals surface area contributed by atoms with E-state index in [0.29, 0.717) is 49.9 Å². The van der Waals surface area contributed by atoms with Crippen LogP contribution in [-0.2, 0) is 40.1 Å². The number of benzene rings is 1. The van der Waals surface area contributed by atoms with Gasteiger partial charge in [-0.3, -0.25) is 38.6 Å². The molecule has 54 heavy (non-hydrogen) atoms. The zero-order valence-corrected chi connectivity index (χ0v) is 32.1. The van der Waals surface area contributed by atoms with Crippen LogP contribution >= 0.6 is 0 Å². The van der Waals surface area contributed by atoms with Crippen LogP contribution in [0.15, 0.2) is 36.4 Å². The molecule has 0 spiro atoms. The number of hydrogen-bond donors (Lipinski definition) is 5. The number of carbonyl (C=O) groups excluding carboxylic acids is 8. The minimum Gasteiger partial charge on any atom is -0.445 e. The van der Waals surface area contributed by atoms with Crippen molar-refractivity contribution in [1.82, 2.24) is 25.3 Å². The van der Waals surface area contributed by atoms with E-state index in [-0.39, 0.29) is 55.6 Å². The van der Waals surface area contributed by atoms with Crippen molar-refractivity contribution < 1.29 is 43.1 Å². The van der Waals surface area contributed by atoms with Gasteiger partial charge in [-0.05, 0) is 55.2 Å². The number of unbranched alkanes of at least 4 members (excludes halogenated alkanes) is 3. The van der Waals surface area contributed by atoms with Crippen molar-refractivity contribution in [3.05, 3.63) is 42.0 Å². The molecule has 3 atom stereocenters. The minimum absolute atomic E-state index is 0.101.